The van der Waals surface area contributed by atoms with Crippen molar-refractivity contribution in [1.82, 2.24) is 0 Å². The Labute approximate surface area is 108 Å². The number of ketones is 2. The number of unbranched alkanes of at least 4 members (excludes halogenated alkanes) is 1. The summed E-state index contributed by atoms with van der Waals surface area (Å²) < 4.78 is 9.85. The molecule has 0 bridgehead atoms. The van der Waals surface area contributed by atoms with E-state index in [9.17, 15) is 14.4 Å². The fourth-order valence-electron chi connectivity index (χ4n) is 1.42. The van der Waals surface area contributed by atoms with Crippen LogP contribution >= 0.6 is 0 Å². The number of ether oxygens (including phenoxy) is 2. The lowest BCUT2D eigenvalue weighted by Crippen LogP contribution is -2.30. The van der Waals surface area contributed by atoms with Gasteiger partial charge >= 0.3 is 5.97 Å². The maximum absolute atomic E-state index is 11.7. The first-order valence-corrected chi connectivity index (χ1v) is 6.10. The molecule has 0 radical (unpaired) electrons. The van der Waals surface area contributed by atoms with Crippen LogP contribution in [-0.2, 0) is 23.9 Å². The highest BCUT2D eigenvalue weighted by molar-refractivity contribution is 5.98. The average molecular weight is 258 g/mol. The molecule has 0 aliphatic carbocycles. The molecule has 0 fully saturated rings. The Balaban J connectivity index is 4.28. The van der Waals surface area contributed by atoms with Crippen molar-refractivity contribution in [3.05, 3.63) is 0 Å². The molecule has 0 saturated carbocycles. The molecule has 0 rings (SSSR count). The lowest BCUT2D eigenvalue weighted by Gasteiger charge is -2.16. The highest BCUT2D eigenvalue weighted by Crippen LogP contribution is 2.13. The van der Waals surface area contributed by atoms with Gasteiger partial charge < -0.3 is 9.47 Å². The van der Waals surface area contributed by atoms with Gasteiger partial charge in [0.15, 0.2) is 11.9 Å². The molecule has 5 nitrogen and oxygen atoms in total. The van der Waals surface area contributed by atoms with Gasteiger partial charge in [-0.3, -0.25) is 14.4 Å². The number of carbonyl (C=O) groups excluding carboxylic acids is 3. The van der Waals surface area contributed by atoms with Gasteiger partial charge in [-0.15, -0.1) is 0 Å². The van der Waals surface area contributed by atoms with E-state index < -0.39 is 18.0 Å². The zero-order chi connectivity index (χ0) is 14.1. The summed E-state index contributed by atoms with van der Waals surface area (Å²) in [6.45, 7) is 4.81. The molecule has 2 atom stereocenters. The van der Waals surface area contributed by atoms with Gasteiger partial charge in [-0.05, 0) is 40.0 Å². The normalized spacial score (nSPS) is 13.8. The lowest BCUT2D eigenvalue weighted by atomic mass is 9.98. The third kappa shape index (κ3) is 6.49. The van der Waals surface area contributed by atoms with E-state index in [4.69, 9.17) is 9.47 Å². The van der Waals surface area contributed by atoms with Gasteiger partial charge in [-0.25, -0.2) is 0 Å². The molecule has 18 heavy (non-hydrogen) atoms. The number of rotatable bonds is 9. The number of hydrogen-bond acceptors (Lipinski definition) is 5. The summed E-state index contributed by atoms with van der Waals surface area (Å²) in [6, 6.07) is 0. The Bertz CT molecular complexity index is 298. The van der Waals surface area contributed by atoms with Crippen LogP contribution in [0.25, 0.3) is 0 Å². The topological polar surface area (TPSA) is 69.7 Å². The maximum atomic E-state index is 11.7. The fourth-order valence-corrected chi connectivity index (χ4v) is 1.42. The quantitative estimate of drug-likeness (QED) is 0.356. The zero-order valence-electron chi connectivity index (χ0n) is 11.5. The molecule has 0 aromatic carbocycles. The highest BCUT2D eigenvalue weighted by atomic mass is 16.5. The molecule has 104 valence electrons. The fraction of sp³-hybridized carbons (Fsp3) is 0.769. The van der Waals surface area contributed by atoms with Gasteiger partial charge in [0.1, 0.15) is 11.7 Å². The maximum Gasteiger partial charge on any atom is 0.317 e. The predicted molar refractivity (Wildman–Crippen MR) is 66.1 cm³/mol. The summed E-state index contributed by atoms with van der Waals surface area (Å²) in [7, 11) is 1.60. The van der Waals surface area contributed by atoms with Crippen LogP contribution in [0.15, 0.2) is 0 Å². The Hall–Kier alpha value is -1.23. The van der Waals surface area contributed by atoms with Crippen molar-refractivity contribution >= 4 is 17.5 Å². The van der Waals surface area contributed by atoms with Crippen LogP contribution in [0.3, 0.4) is 0 Å². The smallest absolute Gasteiger partial charge is 0.317 e. The first kappa shape index (κ1) is 16.8. The number of hydrogen-bond donors (Lipinski definition) is 0. The SMILES string of the molecule is COCCCCC(C(C)=O)C(=O)OC(C)C(C)=O. The van der Waals surface area contributed by atoms with Crippen molar-refractivity contribution in [3.63, 3.8) is 0 Å². The molecule has 0 aliphatic rings. The summed E-state index contributed by atoms with van der Waals surface area (Å²) >= 11 is 0. The average Bonchev–Trinajstić information content (AvgIpc) is 2.27. The van der Waals surface area contributed by atoms with Crippen LogP contribution in [0, 0.1) is 5.92 Å². The summed E-state index contributed by atoms with van der Waals surface area (Å²) in [4.78, 5) is 34.1. The molecule has 5 heteroatoms. The van der Waals surface area contributed by atoms with E-state index in [1.54, 1.807) is 7.11 Å². The number of Topliss-reactive ketones (excluding diaryl/α,β-unsaturated/α-hetero) is 2. The molecule has 0 saturated heterocycles. The first-order valence-electron chi connectivity index (χ1n) is 6.10. The lowest BCUT2D eigenvalue weighted by molar-refractivity contribution is -0.159. The van der Waals surface area contributed by atoms with Crippen LogP contribution in [-0.4, -0.2) is 37.4 Å². The van der Waals surface area contributed by atoms with Crippen molar-refractivity contribution in [3.8, 4) is 0 Å². The largest absolute Gasteiger partial charge is 0.454 e. The molecular weight excluding hydrogens is 236 g/mol. The second-order valence-corrected chi connectivity index (χ2v) is 4.34. The van der Waals surface area contributed by atoms with Gasteiger partial charge in [0.25, 0.3) is 0 Å². The van der Waals surface area contributed by atoms with Gasteiger partial charge in [0, 0.05) is 13.7 Å². The molecule has 0 aliphatic heterocycles. The molecule has 2 unspecified atom stereocenters. The molecule has 0 aromatic heterocycles. The van der Waals surface area contributed by atoms with E-state index in [1.807, 2.05) is 0 Å². The second-order valence-electron chi connectivity index (χ2n) is 4.34. The van der Waals surface area contributed by atoms with Gasteiger partial charge in [-0.1, -0.05) is 0 Å². The molecule has 0 spiro atoms. The van der Waals surface area contributed by atoms with E-state index in [0.29, 0.717) is 19.4 Å². The minimum atomic E-state index is -0.793. The first-order chi connectivity index (χ1) is 8.40. The van der Waals surface area contributed by atoms with Crippen LogP contribution in [0.2, 0.25) is 0 Å². The Morgan fingerprint density at radius 2 is 1.67 bits per heavy atom. The summed E-state index contributed by atoms with van der Waals surface area (Å²) in [5.41, 5.74) is 0. The Kier molecular flexibility index (Phi) is 8.20. The molecule has 0 N–H and O–H groups in total. The minimum absolute atomic E-state index is 0.229. The van der Waals surface area contributed by atoms with Crippen LogP contribution in [0.1, 0.15) is 40.0 Å². The predicted octanol–water partition coefficient (Wildman–Crippen LogP) is 1.53. The summed E-state index contributed by atoms with van der Waals surface area (Å²) in [5, 5.41) is 0. The van der Waals surface area contributed by atoms with Crippen LogP contribution < -0.4 is 0 Å². The summed E-state index contributed by atoms with van der Waals surface area (Å²) in [6.07, 6.45) is 1.14. The second kappa shape index (κ2) is 8.80. The van der Waals surface area contributed by atoms with E-state index in [-0.39, 0.29) is 11.6 Å². The van der Waals surface area contributed by atoms with Crippen molar-refractivity contribution in [2.45, 2.75) is 46.1 Å². The Morgan fingerprint density at radius 3 is 2.11 bits per heavy atom. The van der Waals surface area contributed by atoms with E-state index in [1.165, 1.54) is 20.8 Å². The van der Waals surface area contributed by atoms with Crippen molar-refractivity contribution in [1.29, 1.82) is 0 Å². The highest BCUT2D eigenvalue weighted by Gasteiger charge is 2.26. The van der Waals surface area contributed by atoms with E-state index in [0.717, 1.165) is 6.42 Å². The zero-order valence-corrected chi connectivity index (χ0v) is 11.5. The molecule has 0 aromatic rings. The molecular formula is C13H22O5. The number of esters is 1. The van der Waals surface area contributed by atoms with Gasteiger partial charge in [0.2, 0.25) is 0 Å². The number of methoxy groups -OCH3 is 1. The molecule has 0 amide bonds. The Morgan fingerprint density at radius 1 is 1.06 bits per heavy atom. The third-order valence-corrected chi connectivity index (χ3v) is 2.73. The monoisotopic (exact) mass is 258 g/mol. The van der Waals surface area contributed by atoms with E-state index in [2.05, 4.69) is 0 Å². The van der Waals surface area contributed by atoms with Crippen LogP contribution in [0.5, 0.6) is 0 Å². The van der Waals surface area contributed by atoms with Crippen LogP contribution in [0.4, 0.5) is 0 Å². The standard InChI is InChI=1S/C13H22O5/c1-9(14)11(3)18-13(16)12(10(2)15)7-5-6-8-17-4/h11-12H,5-8H2,1-4H3. The minimum Gasteiger partial charge on any atom is -0.454 e. The van der Waals surface area contributed by atoms with Gasteiger partial charge in [0.05, 0.1) is 0 Å². The summed E-state index contributed by atoms with van der Waals surface area (Å²) in [5.74, 6) is -1.84. The number of carbonyl (C=O) groups is 3. The van der Waals surface area contributed by atoms with Crippen molar-refractivity contribution in [2.75, 3.05) is 13.7 Å². The van der Waals surface area contributed by atoms with Gasteiger partial charge in [-0.2, -0.15) is 0 Å². The van der Waals surface area contributed by atoms with E-state index >= 15 is 0 Å². The molecule has 0 heterocycles. The van der Waals surface area contributed by atoms with Crippen molar-refractivity contribution in [2.24, 2.45) is 5.92 Å². The third-order valence-electron chi connectivity index (χ3n) is 2.73. The van der Waals surface area contributed by atoms with Crippen molar-refractivity contribution < 1.29 is 23.9 Å².